The number of hydrogen-bond donors (Lipinski definition) is 0. The van der Waals surface area contributed by atoms with E-state index in [1.54, 1.807) is 0 Å². The summed E-state index contributed by atoms with van der Waals surface area (Å²) in [6, 6.07) is 0. The van der Waals surface area contributed by atoms with Crippen LogP contribution in [0.25, 0.3) is 0 Å². The molecular weight excluding hydrogens is 292 g/mol. The molecule has 7 unspecified atom stereocenters. The minimum absolute atomic E-state index is 0.466. The fourth-order valence-electron chi connectivity index (χ4n) is 9.14. The maximum Gasteiger partial charge on any atom is 0.139 e. The van der Waals surface area contributed by atoms with Crippen molar-refractivity contribution in [2.24, 2.45) is 58.7 Å². The van der Waals surface area contributed by atoms with Gasteiger partial charge in [0.2, 0.25) is 0 Å². The van der Waals surface area contributed by atoms with Crippen LogP contribution >= 0.6 is 0 Å². The molecule has 0 heterocycles. The summed E-state index contributed by atoms with van der Waals surface area (Å²) in [5.74, 6) is 8.46. The molecule has 0 aliphatic heterocycles. The number of ketones is 1. The van der Waals surface area contributed by atoms with Crippen LogP contribution in [0.4, 0.5) is 0 Å². The summed E-state index contributed by atoms with van der Waals surface area (Å²) in [5, 5.41) is 0. The van der Waals surface area contributed by atoms with Gasteiger partial charge in [0.15, 0.2) is 0 Å². The van der Waals surface area contributed by atoms with Crippen LogP contribution in [0.2, 0.25) is 0 Å². The largest absolute Gasteiger partial charge is 0.299 e. The molecule has 6 rings (SSSR count). The van der Waals surface area contributed by atoms with Crippen molar-refractivity contribution in [2.45, 2.75) is 77.6 Å². The van der Waals surface area contributed by atoms with Gasteiger partial charge < -0.3 is 0 Å². The first-order valence-electron chi connectivity index (χ1n) is 11.2. The zero-order valence-electron chi connectivity index (χ0n) is 15.4. The second-order valence-corrected chi connectivity index (χ2v) is 10.9. The molecule has 0 aromatic heterocycles. The summed E-state index contributed by atoms with van der Waals surface area (Å²) in [5.41, 5.74) is 0.592. The Morgan fingerprint density at radius 2 is 1.79 bits per heavy atom. The topological polar surface area (TPSA) is 17.1 Å². The van der Waals surface area contributed by atoms with Crippen molar-refractivity contribution in [1.29, 1.82) is 0 Å². The van der Waals surface area contributed by atoms with Crippen LogP contribution in [0, 0.1) is 58.7 Å². The average Bonchev–Trinajstić information content (AvgIpc) is 3.00. The molecular formula is C23H34O. The van der Waals surface area contributed by atoms with Crippen LogP contribution in [0.3, 0.4) is 0 Å². The number of carbonyl (C=O) groups is 1. The first kappa shape index (κ1) is 14.8. The lowest BCUT2D eigenvalue weighted by molar-refractivity contribution is -0.127. The van der Waals surface area contributed by atoms with Crippen LogP contribution in [-0.2, 0) is 4.79 Å². The molecule has 10 atom stereocenters. The van der Waals surface area contributed by atoms with Crippen molar-refractivity contribution in [2.75, 3.05) is 0 Å². The van der Waals surface area contributed by atoms with Gasteiger partial charge in [0.1, 0.15) is 5.78 Å². The maximum absolute atomic E-state index is 13.4. The molecule has 0 aromatic rings. The number of hydrogen-bond acceptors (Lipinski definition) is 1. The Hall–Kier alpha value is -0.330. The van der Waals surface area contributed by atoms with Crippen LogP contribution in [0.1, 0.15) is 77.6 Å². The van der Waals surface area contributed by atoms with Crippen molar-refractivity contribution in [3.63, 3.8) is 0 Å². The third-order valence-electron chi connectivity index (χ3n) is 10.2. The van der Waals surface area contributed by atoms with E-state index in [9.17, 15) is 4.79 Å². The van der Waals surface area contributed by atoms with E-state index in [4.69, 9.17) is 0 Å². The van der Waals surface area contributed by atoms with E-state index in [2.05, 4.69) is 6.92 Å². The normalized spacial score (nSPS) is 60.0. The Bertz CT molecular complexity index is 562. The Labute approximate surface area is 147 Å². The van der Waals surface area contributed by atoms with Gasteiger partial charge in [-0.05, 0) is 111 Å². The van der Waals surface area contributed by atoms with E-state index in [-0.39, 0.29) is 0 Å². The summed E-state index contributed by atoms with van der Waals surface area (Å²) in [7, 11) is 0. The number of Topliss-reactive ketones (excluding diaryl/α,β-unsaturated/α-hetero) is 1. The third-order valence-corrected chi connectivity index (χ3v) is 10.2. The van der Waals surface area contributed by atoms with E-state index in [1.165, 1.54) is 70.6 Å². The van der Waals surface area contributed by atoms with Crippen molar-refractivity contribution >= 4 is 5.78 Å². The van der Waals surface area contributed by atoms with Crippen molar-refractivity contribution in [3.8, 4) is 0 Å². The minimum Gasteiger partial charge on any atom is -0.299 e. The lowest BCUT2D eigenvalue weighted by Gasteiger charge is -2.42. The zero-order valence-corrected chi connectivity index (χ0v) is 15.4. The van der Waals surface area contributed by atoms with E-state index < -0.39 is 0 Å². The molecule has 0 N–H and O–H groups in total. The Balaban J connectivity index is 1.18. The maximum atomic E-state index is 13.4. The van der Waals surface area contributed by atoms with Gasteiger partial charge in [-0.1, -0.05) is 13.3 Å². The van der Waals surface area contributed by atoms with Crippen LogP contribution in [0.15, 0.2) is 0 Å². The molecule has 132 valence electrons. The molecule has 0 aromatic carbocycles. The second-order valence-electron chi connectivity index (χ2n) is 10.9. The molecule has 6 fully saturated rings. The highest BCUT2D eigenvalue weighted by Crippen LogP contribution is 2.69. The fourth-order valence-corrected chi connectivity index (χ4v) is 9.14. The second kappa shape index (κ2) is 4.89. The molecule has 0 amide bonds. The van der Waals surface area contributed by atoms with Gasteiger partial charge in [0, 0.05) is 11.8 Å². The summed E-state index contributed by atoms with van der Waals surface area (Å²) >= 11 is 0. The van der Waals surface area contributed by atoms with Crippen molar-refractivity contribution in [1.82, 2.24) is 0 Å². The predicted octanol–water partition coefficient (Wildman–Crippen LogP) is 5.48. The fraction of sp³-hybridized carbons (Fsp3) is 0.957. The zero-order chi connectivity index (χ0) is 16.1. The minimum atomic E-state index is 0.466. The van der Waals surface area contributed by atoms with Crippen LogP contribution in [-0.4, -0.2) is 5.78 Å². The quantitative estimate of drug-likeness (QED) is 0.668. The van der Waals surface area contributed by atoms with Gasteiger partial charge in [-0.2, -0.15) is 0 Å². The van der Waals surface area contributed by atoms with Gasteiger partial charge in [0.25, 0.3) is 0 Å². The molecule has 0 radical (unpaired) electrons. The number of rotatable bonds is 4. The average molecular weight is 327 g/mol. The highest BCUT2D eigenvalue weighted by atomic mass is 16.1. The van der Waals surface area contributed by atoms with Crippen molar-refractivity contribution in [3.05, 3.63) is 0 Å². The highest BCUT2D eigenvalue weighted by molar-refractivity contribution is 5.86. The molecule has 1 heteroatoms. The van der Waals surface area contributed by atoms with Crippen molar-refractivity contribution < 1.29 is 4.79 Å². The highest BCUT2D eigenvalue weighted by Gasteiger charge is 2.63. The molecule has 6 aliphatic rings. The van der Waals surface area contributed by atoms with E-state index in [0.717, 1.165) is 47.2 Å². The van der Waals surface area contributed by atoms with Gasteiger partial charge in [0.05, 0.1) is 0 Å². The molecule has 24 heavy (non-hydrogen) atoms. The van der Waals surface area contributed by atoms with Gasteiger partial charge in [-0.15, -0.1) is 0 Å². The summed E-state index contributed by atoms with van der Waals surface area (Å²) in [6.45, 7) is 2.43. The standard InChI is InChI=1S/C23H34O/c1-2-23(12-13-3-4-18(23)7-13)21-11-20(21)22(24)17-6-14-5-15-9-16(10-17)19(15)8-14/h13-21H,2-12H2,1H3/t13-,14?,15?,16?,17?,18+,19?,20?,21?,23+/m0/s1. The molecule has 6 aliphatic carbocycles. The molecule has 1 nitrogen and oxygen atoms in total. The molecule has 0 spiro atoms. The lowest BCUT2D eigenvalue weighted by atomic mass is 9.62. The Morgan fingerprint density at radius 1 is 0.917 bits per heavy atom. The summed E-state index contributed by atoms with van der Waals surface area (Å²) in [4.78, 5) is 13.4. The summed E-state index contributed by atoms with van der Waals surface area (Å²) in [6.07, 6.45) is 15.6. The first-order chi connectivity index (χ1) is 11.7. The molecule has 4 bridgehead atoms. The molecule has 0 saturated heterocycles. The van der Waals surface area contributed by atoms with Gasteiger partial charge in [-0.3, -0.25) is 4.79 Å². The molecule has 6 saturated carbocycles. The smallest absolute Gasteiger partial charge is 0.139 e. The van der Waals surface area contributed by atoms with Crippen LogP contribution < -0.4 is 0 Å². The first-order valence-corrected chi connectivity index (χ1v) is 11.2. The SMILES string of the molecule is CC[C@@]1(C2CC2C(=O)C2CC3CC4CC(C2)C4C3)C[C@H]2CC[C@@H]1C2. The predicted molar refractivity (Wildman–Crippen MR) is 95.3 cm³/mol. The Morgan fingerprint density at radius 3 is 2.54 bits per heavy atom. The van der Waals surface area contributed by atoms with E-state index >= 15 is 0 Å². The Kier molecular flexibility index (Phi) is 3.01. The lowest BCUT2D eigenvalue weighted by Crippen LogP contribution is -2.36. The van der Waals surface area contributed by atoms with Gasteiger partial charge in [-0.25, -0.2) is 0 Å². The van der Waals surface area contributed by atoms with E-state index in [0.29, 0.717) is 17.3 Å². The number of carbonyl (C=O) groups excluding carboxylic acids is 1. The van der Waals surface area contributed by atoms with E-state index in [1.807, 2.05) is 0 Å². The third kappa shape index (κ3) is 1.85. The number of fused-ring (bicyclic) bond motifs is 3. The monoisotopic (exact) mass is 326 g/mol. The summed E-state index contributed by atoms with van der Waals surface area (Å²) < 4.78 is 0. The van der Waals surface area contributed by atoms with Gasteiger partial charge >= 0.3 is 0 Å². The van der Waals surface area contributed by atoms with Crippen LogP contribution in [0.5, 0.6) is 0 Å².